The number of hydrogen-bond acceptors (Lipinski definition) is 2. The molecule has 0 amide bonds. The lowest BCUT2D eigenvalue weighted by molar-refractivity contribution is 0.279. The lowest BCUT2D eigenvalue weighted by atomic mass is 10.2. The van der Waals surface area contributed by atoms with Crippen molar-refractivity contribution in [3.63, 3.8) is 0 Å². The van der Waals surface area contributed by atoms with Crippen molar-refractivity contribution in [2.45, 2.75) is 30.6 Å². The number of hydrogen-bond donors (Lipinski definition) is 1. The monoisotopic (exact) mass is 260 g/mol. The Morgan fingerprint density at radius 1 is 1.46 bits per heavy atom. The van der Waals surface area contributed by atoms with Crippen molar-refractivity contribution in [1.82, 2.24) is 0 Å². The molecule has 1 aromatic carbocycles. The van der Waals surface area contributed by atoms with Crippen LogP contribution in [0.3, 0.4) is 0 Å². The van der Waals surface area contributed by atoms with Crippen LogP contribution in [0.15, 0.2) is 27.6 Å². The summed E-state index contributed by atoms with van der Waals surface area (Å²) in [5, 5.41) is 9.63. The van der Waals surface area contributed by atoms with Gasteiger partial charge in [0.1, 0.15) is 0 Å². The maximum absolute atomic E-state index is 9.09. The largest absolute Gasteiger partial charge is 0.392 e. The van der Waals surface area contributed by atoms with E-state index in [0.717, 1.165) is 14.9 Å². The van der Waals surface area contributed by atoms with E-state index in [9.17, 15) is 0 Å². The molecule has 0 bridgehead atoms. The number of thioether (sulfide) groups is 1. The van der Waals surface area contributed by atoms with Crippen LogP contribution in [-0.2, 0) is 6.61 Å². The molecule has 0 fully saturated rings. The zero-order valence-electron chi connectivity index (χ0n) is 7.75. The molecule has 13 heavy (non-hydrogen) atoms. The van der Waals surface area contributed by atoms with Gasteiger partial charge in [-0.2, -0.15) is 0 Å². The second-order valence-electron chi connectivity index (χ2n) is 3.08. The third-order valence-corrected chi connectivity index (χ3v) is 3.16. The van der Waals surface area contributed by atoms with Crippen LogP contribution in [0.5, 0.6) is 0 Å². The summed E-state index contributed by atoms with van der Waals surface area (Å²) in [5.41, 5.74) is 1.00. The quantitative estimate of drug-likeness (QED) is 0.841. The van der Waals surface area contributed by atoms with Gasteiger partial charge in [0.2, 0.25) is 0 Å². The van der Waals surface area contributed by atoms with Crippen LogP contribution in [0.2, 0.25) is 0 Å². The SMILES string of the molecule is CC(C)Sc1cc(Br)ccc1CO. The van der Waals surface area contributed by atoms with E-state index in [4.69, 9.17) is 5.11 Å². The zero-order valence-corrected chi connectivity index (χ0v) is 10.2. The molecule has 0 heterocycles. The van der Waals surface area contributed by atoms with Crippen LogP contribution in [0.25, 0.3) is 0 Å². The summed E-state index contributed by atoms with van der Waals surface area (Å²) in [6.07, 6.45) is 0. The van der Waals surface area contributed by atoms with Gasteiger partial charge in [-0.3, -0.25) is 0 Å². The molecule has 0 saturated carbocycles. The molecule has 0 radical (unpaired) electrons. The summed E-state index contributed by atoms with van der Waals surface area (Å²) >= 11 is 5.19. The predicted molar refractivity (Wildman–Crippen MR) is 61.1 cm³/mol. The second-order valence-corrected chi connectivity index (χ2v) is 5.61. The molecule has 0 aliphatic rings. The molecule has 1 rings (SSSR count). The highest BCUT2D eigenvalue weighted by atomic mass is 79.9. The van der Waals surface area contributed by atoms with Gasteiger partial charge in [-0.05, 0) is 17.7 Å². The Labute approximate surface area is 91.7 Å². The second kappa shape index (κ2) is 5.03. The molecule has 0 aliphatic heterocycles. The summed E-state index contributed by atoms with van der Waals surface area (Å²) in [7, 11) is 0. The standard InChI is InChI=1S/C10H13BrOS/c1-7(2)13-10-5-9(11)4-3-8(10)6-12/h3-5,7,12H,6H2,1-2H3. The molecule has 0 saturated heterocycles. The molecular weight excluding hydrogens is 248 g/mol. The Morgan fingerprint density at radius 3 is 2.69 bits per heavy atom. The van der Waals surface area contributed by atoms with Crippen molar-refractivity contribution in [3.05, 3.63) is 28.2 Å². The Hall–Kier alpha value is 0.01000. The first-order valence-corrected chi connectivity index (χ1v) is 5.86. The highest BCUT2D eigenvalue weighted by molar-refractivity contribution is 9.10. The third-order valence-electron chi connectivity index (χ3n) is 1.56. The Bertz CT molecular complexity index is 286. The minimum Gasteiger partial charge on any atom is -0.392 e. The summed E-state index contributed by atoms with van der Waals surface area (Å²) in [4.78, 5) is 1.16. The first-order chi connectivity index (χ1) is 6.13. The summed E-state index contributed by atoms with van der Waals surface area (Å²) < 4.78 is 1.06. The van der Waals surface area contributed by atoms with E-state index in [1.807, 2.05) is 12.1 Å². The fraction of sp³-hybridized carbons (Fsp3) is 0.400. The van der Waals surface area contributed by atoms with Crippen molar-refractivity contribution in [1.29, 1.82) is 0 Å². The molecule has 0 aliphatic carbocycles. The lowest BCUT2D eigenvalue weighted by Gasteiger charge is -2.09. The molecule has 1 nitrogen and oxygen atoms in total. The van der Waals surface area contributed by atoms with E-state index in [1.165, 1.54) is 0 Å². The van der Waals surface area contributed by atoms with E-state index in [2.05, 4.69) is 35.8 Å². The van der Waals surface area contributed by atoms with Gasteiger partial charge in [0.15, 0.2) is 0 Å². The van der Waals surface area contributed by atoms with Crippen molar-refractivity contribution in [2.75, 3.05) is 0 Å². The fourth-order valence-electron chi connectivity index (χ4n) is 1.02. The Kier molecular flexibility index (Phi) is 4.29. The molecule has 1 aromatic rings. The van der Waals surface area contributed by atoms with Gasteiger partial charge in [-0.15, -0.1) is 11.8 Å². The van der Waals surface area contributed by atoms with E-state index < -0.39 is 0 Å². The van der Waals surface area contributed by atoms with Gasteiger partial charge in [0.05, 0.1) is 6.61 Å². The van der Waals surface area contributed by atoms with E-state index in [-0.39, 0.29) is 6.61 Å². The van der Waals surface area contributed by atoms with Crippen LogP contribution in [0.1, 0.15) is 19.4 Å². The van der Waals surface area contributed by atoms with Gasteiger partial charge in [0, 0.05) is 14.6 Å². The predicted octanol–water partition coefficient (Wildman–Crippen LogP) is 3.44. The first-order valence-electron chi connectivity index (χ1n) is 4.19. The fourth-order valence-corrected chi connectivity index (χ4v) is 2.52. The number of halogens is 1. The number of aliphatic hydroxyl groups is 1. The molecule has 1 N–H and O–H groups in total. The third kappa shape index (κ3) is 3.33. The van der Waals surface area contributed by atoms with E-state index >= 15 is 0 Å². The number of aliphatic hydroxyl groups excluding tert-OH is 1. The van der Waals surface area contributed by atoms with Crippen molar-refractivity contribution in [2.24, 2.45) is 0 Å². The van der Waals surface area contributed by atoms with Gasteiger partial charge in [-0.25, -0.2) is 0 Å². The molecule has 3 heteroatoms. The Balaban J connectivity index is 2.94. The first kappa shape index (κ1) is 11.1. The zero-order chi connectivity index (χ0) is 9.84. The molecule has 0 aromatic heterocycles. The minimum atomic E-state index is 0.113. The van der Waals surface area contributed by atoms with Crippen molar-refractivity contribution >= 4 is 27.7 Å². The van der Waals surface area contributed by atoms with Crippen LogP contribution >= 0.6 is 27.7 Å². The van der Waals surface area contributed by atoms with Crippen molar-refractivity contribution < 1.29 is 5.11 Å². The maximum Gasteiger partial charge on any atom is 0.0692 e. The normalized spacial score (nSPS) is 10.8. The topological polar surface area (TPSA) is 20.2 Å². The van der Waals surface area contributed by atoms with Crippen LogP contribution in [0, 0.1) is 0 Å². The number of benzene rings is 1. The van der Waals surface area contributed by atoms with Crippen LogP contribution < -0.4 is 0 Å². The summed E-state index contributed by atoms with van der Waals surface area (Å²) in [5.74, 6) is 0. The molecule has 0 atom stereocenters. The summed E-state index contributed by atoms with van der Waals surface area (Å²) in [6.45, 7) is 4.40. The minimum absolute atomic E-state index is 0.113. The Morgan fingerprint density at radius 2 is 2.15 bits per heavy atom. The highest BCUT2D eigenvalue weighted by Gasteiger charge is 2.04. The molecule has 0 spiro atoms. The van der Waals surface area contributed by atoms with Gasteiger partial charge < -0.3 is 5.11 Å². The van der Waals surface area contributed by atoms with E-state index in [1.54, 1.807) is 11.8 Å². The summed E-state index contributed by atoms with van der Waals surface area (Å²) in [6, 6.07) is 5.96. The number of rotatable bonds is 3. The van der Waals surface area contributed by atoms with E-state index in [0.29, 0.717) is 5.25 Å². The average Bonchev–Trinajstić information content (AvgIpc) is 2.03. The lowest BCUT2D eigenvalue weighted by Crippen LogP contribution is -1.92. The van der Waals surface area contributed by atoms with Crippen LogP contribution in [0.4, 0.5) is 0 Å². The average molecular weight is 261 g/mol. The van der Waals surface area contributed by atoms with Crippen molar-refractivity contribution in [3.8, 4) is 0 Å². The van der Waals surface area contributed by atoms with Crippen LogP contribution in [-0.4, -0.2) is 10.4 Å². The molecule has 72 valence electrons. The molecular formula is C10H13BrOS. The van der Waals surface area contributed by atoms with Gasteiger partial charge >= 0.3 is 0 Å². The smallest absolute Gasteiger partial charge is 0.0692 e. The maximum atomic E-state index is 9.09. The van der Waals surface area contributed by atoms with Gasteiger partial charge in [-0.1, -0.05) is 35.8 Å². The highest BCUT2D eigenvalue weighted by Crippen LogP contribution is 2.29. The van der Waals surface area contributed by atoms with Gasteiger partial charge in [0.25, 0.3) is 0 Å². The molecule has 0 unspecified atom stereocenters.